The molecule has 0 saturated carbocycles. The summed E-state index contributed by atoms with van der Waals surface area (Å²) in [5.41, 5.74) is 2.63. The number of hydrogen-bond acceptors (Lipinski definition) is 3. The van der Waals surface area contributed by atoms with Crippen molar-refractivity contribution < 1.29 is 36.1 Å². The second kappa shape index (κ2) is 16.0. The Morgan fingerprint density at radius 1 is 0.833 bits per heavy atom. The van der Waals surface area contributed by atoms with Crippen LogP contribution in [0.5, 0.6) is 5.75 Å². The zero-order valence-corrected chi connectivity index (χ0v) is 26.5. The molecule has 0 heterocycles. The van der Waals surface area contributed by atoms with Crippen molar-refractivity contribution in [2.75, 3.05) is 33.8 Å². The molecule has 0 aliphatic carbocycles. The molecule has 0 aliphatic heterocycles. The molecule has 1 aromatic carbocycles. The van der Waals surface area contributed by atoms with Gasteiger partial charge in [-0.15, -0.1) is 0 Å². The number of phenolic OH excluding ortho intramolecular Hbond substituents is 1. The predicted molar refractivity (Wildman–Crippen MR) is 149 cm³/mol. The van der Waals surface area contributed by atoms with E-state index in [1.807, 2.05) is 0 Å². The second-order valence-electron chi connectivity index (χ2n) is 13.1. The predicted octanol–water partition coefficient (Wildman–Crippen LogP) is 4.68. The van der Waals surface area contributed by atoms with E-state index < -0.39 is 0 Å². The van der Waals surface area contributed by atoms with Crippen LogP contribution >= 0.6 is 0 Å². The number of ether oxygens (including phenoxy) is 1. The Bertz CT molecular complexity index is 740. The van der Waals surface area contributed by atoms with Gasteiger partial charge in [-0.2, -0.15) is 0 Å². The summed E-state index contributed by atoms with van der Waals surface area (Å²) in [6.45, 7) is 17.4. The summed E-state index contributed by atoms with van der Waals surface area (Å²) in [6, 6.07) is 4.11. The molecule has 0 fully saturated rings. The maximum absolute atomic E-state index is 12.5. The smallest absolute Gasteiger partial charge is 0.306 e. The number of phenols is 1. The quantitative estimate of drug-likeness (QED) is 0.189. The highest BCUT2D eigenvalue weighted by Crippen LogP contribution is 2.40. The van der Waals surface area contributed by atoms with Crippen LogP contribution in [0.1, 0.15) is 123 Å². The van der Waals surface area contributed by atoms with Crippen molar-refractivity contribution in [1.29, 1.82) is 0 Å². The van der Waals surface area contributed by atoms with E-state index in [1.54, 1.807) is 0 Å². The van der Waals surface area contributed by atoms with Crippen LogP contribution in [-0.4, -0.2) is 49.4 Å². The van der Waals surface area contributed by atoms with E-state index in [1.165, 1.54) is 51.4 Å². The molecular weight excluding hydrogens is 514 g/mol. The van der Waals surface area contributed by atoms with Gasteiger partial charge in [0.15, 0.2) is 0 Å². The average Bonchev–Trinajstić information content (AvgIpc) is 2.73. The third-order valence-corrected chi connectivity index (χ3v) is 6.98. The molecule has 0 unspecified atom stereocenters. The monoisotopic (exact) mass is 569 g/mol. The molecule has 0 amide bonds. The molecular formula is C31H56BrNO3. The maximum atomic E-state index is 12.5. The first-order valence-electron chi connectivity index (χ1n) is 14.0. The first-order valence-corrected chi connectivity index (χ1v) is 14.0. The number of aromatic hydroxyl groups is 1. The largest absolute Gasteiger partial charge is 1.00 e. The van der Waals surface area contributed by atoms with E-state index in [2.05, 4.69) is 74.7 Å². The van der Waals surface area contributed by atoms with Crippen molar-refractivity contribution in [3.8, 4) is 5.75 Å². The van der Waals surface area contributed by atoms with Crippen LogP contribution in [0.25, 0.3) is 0 Å². The first kappa shape index (κ1) is 34.9. The Kier molecular flexibility index (Phi) is 15.5. The van der Waals surface area contributed by atoms with Gasteiger partial charge in [0.05, 0.1) is 20.6 Å². The lowest BCUT2D eigenvalue weighted by Crippen LogP contribution is -3.00. The topological polar surface area (TPSA) is 46.5 Å². The molecule has 0 spiro atoms. The number of esters is 1. The summed E-state index contributed by atoms with van der Waals surface area (Å²) in [4.78, 5) is 12.5. The van der Waals surface area contributed by atoms with E-state index in [9.17, 15) is 9.90 Å². The number of hydrogen-bond donors (Lipinski definition) is 1. The van der Waals surface area contributed by atoms with Crippen LogP contribution in [0.15, 0.2) is 12.1 Å². The SMILES string of the molecule is CCCCCCCCCC[N+](C)(C)CCOC(=O)CCc1cc(C(C)(C)C)c(O)c(C(C)(C)C)c1.[Br-]. The summed E-state index contributed by atoms with van der Waals surface area (Å²) in [5, 5.41) is 10.9. The van der Waals surface area contributed by atoms with Crippen molar-refractivity contribution in [2.24, 2.45) is 0 Å². The molecule has 5 heteroatoms. The number of unbranched alkanes of at least 4 members (excludes halogenated alkanes) is 7. The Labute approximate surface area is 233 Å². The van der Waals surface area contributed by atoms with Crippen LogP contribution in [0.2, 0.25) is 0 Å². The number of carbonyl (C=O) groups is 1. The number of likely N-dealkylation sites (N-methyl/N-ethyl adjacent to an activating group) is 1. The van der Waals surface area contributed by atoms with Gasteiger partial charge >= 0.3 is 5.97 Å². The van der Waals surface area contributed by atoms with Crippen LogP contribution < -0.4 is 17.0 Å². The van der Waals surface area contributed by atoms with Gasteiger partial charge in [0.25, 0.3) is 0 Å². The fraction of sp³-hybridized carbons (Fsp3) is 0.774. The number of rotatable bonds is 15. The van der Waals surface area contributed by atoms with Crippen LogP contribution in [0, 0.1) is 0 Å². The number of aryl methyl sites for hydroxylation is 1. The van der Waals surface area contributed by atoms with Gasteiger partial charge in [-0.25, -0.2) is 0 Å². The number of halogens is 1. The van der Waals surface area contributed by atoms with Crippen molar-refractivity contribution >= 4 is 5.97 Å². The molecule has 210 valence electrons. The standard InChI is InChI=1S/C31H55NO3.BrH/c1-10-11-12-13-14-15-16-17-20-32(8,9)21-22-35-28(33)19-18-25-23-26(30(2,3)4)29(34)27(24-25)31(5,6)7;/h23-24H,10-22H2,1-9H3;1H. The van der Waals surface area contributed by atoms with E-state index in [0.29, 0.717) is 25.2 Å². The van der Waals surface area contributed by atoms with Crippen LogP contribution in [0.3, 0.4) is 0 Å². The fourth-order valence-electron chi connectivity index (χ4n) is 4.49. The second-order valence-corrected chi connectivity index (χ2v) is 13.1. The van der Waals surface area contributed by atoms with Crippen molar-refractivity contribution in [1.82, 2.24) is 0 Å². The lowest BCUT2D eigenvalue weighted by atomic mass is 9.78. The summed E-state index contributed by atoms with van der Waals surface area (Å²) in [7, 11) is 4.46. The number of nitrogens with zero attached hydrogens (tertiary/aromatic N) is 1. The molecule has 36 heavy (non-hydrogen) atoms. The van der Waals surface area contributed by atoms with Gasteiger partial charge in [-0.1, -0.05) is 99.1 Å². The minimum Gasteiger partial charge on any atom is -1.00 e. The van der Waals surface area contributed by atoms with Gasteiger partial charge in [0, 0.05) is 6.42 Å². The van der Waals surface area contributed by atoms with Gasteiger partial charge in [0.1, 0.15) is 18.9 Å². The van der Waals surface area contributed by atoms with Gasteiger partial charge < -0.3 is 31.3 Å². The minimum atomic E-state index is -0.168. The molecule has 0 atom stereocenters. The van der Waals surface area contributed by atoms with Crippen LogP contribution in [0.4, 0.5) is 0 Å². The molecule has 1 rings (SSSR count). The van der Waals surface area contributed by atoms with E-state index >= 15 is 0 Å². The Morgan fingerprint density at radius 2 is 1.31 bits per heavy atom. The lowest BCUT2D eigenvalue weighted by Gasteiger charge is -2.29. The van der Waals surface area contributed by atoms with Crippen molar-refractivity contribution in [3.05, 3.63) is 28.8 Å². The highest BCUT2D eigenvalue weighted by molar-refractivity contribution is 5.69. The third-order valence-electron chi connectivity index (χ3n) is 6.98. The zero-order valence-electron chi connectivity index (χ0n) is 24.9. The maximum Gasteiger partial charge on any atom is 0.306 e. The zero-order chi connectivity index (χ0) is 26.7. The van der Waals surface area contributed by atoms with Gasteiger partial charge in [-0.05, 0) is 46.8 Å². The molecule has 0 aromatic heterocycles. The summed E-state index contributed by atoms with van der Waals surface area (Å²) in [5.74, 6) is 0.243. The number of quaternary nitrogens is 1. The molecule has 0 aliphatic rings. The van der Waals surface area contributed by atoms with Crippen LogP contribution in [-0.2, 0) is 26.8 Å². The van der Waals surface area contributed by atoms with E-state index in [-0.39, 0.29) is 33.8 Å². The Balaban J connectivity index is 0.0000122. The highest BCUT2D eigenvalue weighted by atomic mass is 79.9. The van der Waals surface area contributed by atoms with Gasteiger partial charge in [-0.3, -0.25) is 4.79 Å². The van der Waals surface area contributed by atoms with Crippen molar-refractivity contribution in [3.63, 3.8) is 0 Å². The minimum absolute atomic E-state index is 0. The van der Waals surface area contributed by atoms with E-state index in [0.717, 1.165) is 34.3 Å². The summed E-state index contributed by atoms with van der Waals surface area (Å²) >= 11 is 0. The summed E-state index contributed by atoms with van der Waals surface area (Å²) < 4.78 is 6.49. The first-order chi connectivity index (χ1) is 16.2. The van der Waals surface area contributed by atoms with Crippen molar-refractivity contribution in [2.45, 2.75) is 124 Å². The fourth-order valence-corrected chi connectivity index (χ4v) is 4.49. The number of benzene rings is 1. The Morgan fingerprint density at radius 3 is 1.78 bits per heavy atom. The average molecular weight is 571 g/mol. The van der Waals surface area contributed by atoms with E-state index in [4.69, 9.17) is 4.74 Å². The molecule has 0 saturated heterocycles. The summed E-state index contributed by atoms with van der Waals surface area (Å²) in [6.07, 6.45) is 11.7. The number of carbonyl (C=O) groups excluding carboxylic acids is 1. The normalized spacial score (nSPS) is 12.4. The Hall–Kier alpha value is -1.07. The highest BCUT2D eigenvalue weighted by Gasteiger charge is 2.26. The molecule has 1 aromatic rings. The molecule has 0 radical (unpaired) electrons. The third kappa shape index (κ3) is 13.5. The lowest BCUT2D eigenvalue weighted by molar-refractivity contribution is -0.890. The molecule has 1 N–H and O–H groups in total. The molecule has 4 nitrogen and oxygen atoms in total. The van der Waals surface area contributed by atoms with Gasteiger partial charge in [0.2, 0.25) is 0 Å². The molecule has 0 bridgehead atoms.